The molecule has 5 heteroatoms. The van der Waals surface area contributed by atoms with Crippen LogP contribution in [0.15, 0.2) is 48.7 Å². The van der Waals surface area contributed by atoms with Crippen molar-refractivity contribution in [3.8, 4) is 5.00 Å². The highest BCUT2D eigenvalue weighted by Crippen LogP contribution is 2.42. The number of benzene rings is 1. The molecule has 0 radical (unpaired) electrons. The molecule has 1 atom stereocenters. The van der Waals surface area contributed by atoms with Gasteiger partial charge < -0.3 is 14.8 Å². The van der Waals surface area contributed by atoms with Gasteiger partial charge in [-0.15, -0.1) is 11.3 Å². The average molecular weight is 406 g/mol. The molecular formula is C24H27N3OS. The van der Waals surface area contributed by atoms with E-state index in [0.29, 0.717) is 13.1 Å². The zero-order valence-corrected chi connectivity index (χ0v) is 17.7. The Labute approximate surface area is 176 Å². The first-order valence-corrected chi connectivity index (χ1v) is 11.4. The van der Waals surface area contributed by atoms with Gasteiger partial charge in [-0.3, -0.25) is 0 Å². The van der Waals surface area contributed by atoms with Gasteiger partial charge in [0.15, 0.2) is 0 Å². The first-order chi connectivity index (χ1) is 14.2. The van der Waals surface area contributed by atoms with E-state index in [1.165, 1.54) is 51.5 Å². The number of hydrogen-bond donors (Lipinski definition) is 1. The Hall–Kier alpha value is -2.53. The number of nitrogens with one attached hydrogen (secondary N) is 1. The van der Waals surface area contributed by atoms with Crippen molar-refractivity contribution in [1.82, 2.24) is 14.8 Å². The topological polar surface area (TPSA) is 37.3 Å². The fraction of sp³-hybridized carbons (Fsp3) is 0.375. The van der Waals surface area contributed by atoms with E-state index in [-0.39, 0.29) is 12.1 Å². The third kappa shape index (κ3) is 3.38. The largest absolute Gasteiger partial charge is 0.338 e. The van der Waals surface area contributed by atoms with Crippen LogP contribution in [0.3, 0.4) is 0 Å². The van der Waals surface area contributed by atoms with E-state index >= 15 is 0 Å². The summed E-state index contributed by atoms with van der Waals surface area (Å²) in [6.07, 6.45) is 7.88. The molecule has 3 aromatic rings. The van der Waals surface area contributed by atoms with Gasteiger partial charge in [-0.05, 0) is 62.3 Å². The molecule has 150 valence electrons. The second-order valence-corrected chi connectivity index (χ2v) is 9.15. The van der Waals surface area contributed by atoms with Gasteiger partial charge in [0.05, 0.1) is 12.6 Å². The van der Waals surface area contributed by atoms with Crippen LogP contribution < -0.4 is 5.32 Å². The Morgan fingerprint density at radius 2 is 1.93 bits per heavy atom. The monoisotopic (exact) mass is 405 g/mol. The molecule has 1 aliphatic heterocycles. The second-order valence-electron chi connectivity index (χ2n) is 8.07. The normalized spacial score (nSPS) is 17.8. The maximum absolute atomic E-state index is 13.2. The summed E-state index contributed by atoms with van der Waals surface area (Å²) in [4.78, 5) is 16.7. The lowest BCUT2D eigenvalue weighted by Gasteiger charge is -2.28. The number of aryl methyl sites for hydroxylation is 1. The second kappa shape index (κ2) is 7.71. The van der Waals surface area contributed by atoms with Gasteiger partial charge in [0, 0.05) is 28.9 Å². The van der Waals surface area contributed by atoms with Crippen LogP contribution in [0.5, 0.6) is 0 Å². The molecule has 5 rings (SSSR count). The molecule has 0 bridgehead atoms. The van der Waals surface area contributed by atoms with Crippen molar-refractivity contribution in [1.29, 1.82) is 0 Å². The van der Waals surface area contributed by atoms with Crippen molar-refractivity contribution in [3.05, 3.63) is 75.9 Å². The average Bonchev–Trinajstić information content (AvgIpc) is 3.34. The van der Waals surface area contributed by atoms with Crippen LogP contribution in [0.1, 0.15) is 53.1 Å². The number of rotatable bonds is 3. The molecule has 2 aromatic heterocycles. The van der Waals surface area contributed by atoms with Crippen LogP contribution in [0, 0.1) is 0 Å². The molecule has 2 amide bonds. The third-order valence-electron chi connectivity index (χ3n) is 6.28. The summed E-state index contributed by atoms with van der Waals surface area (Å²) in [5.74, 6) is 0. The molecule has 1 aromatic carbocycles. The van der Waals surface area contributed by atoms with E-state index in [2.05, 4.69) is 47.3 Å². The lowest BCUT2D eigenvalue weighted by molar-refractivity contribution is 0.175. The lowest BCUT2D eigenvalue weighted by atomic mass is 9.95. The molecule has 3 heterocycles. The van der Waals surface area contributed by atoms with Crippen molar-refractivity contribution in [2.24, 2.45) is 0 Å². The van der Waals surface area contributed by atoms with Crippen LogP contribution in [0.4, 0.5) is 4.79 Å². The summed E-state index contributed by atoms with van der Waals surface area (Å²) in [6, 6.07) is 14.7. The highest BCUT2D eigenvalue weighted by atomic mass is 32.1. The van der Waals surface area contributed by atoms with Gasteiger partial charge in [0.25, 0.3) is 0 Å². The minimum absolute atomic E-state index is 0.0322. The summed E-state index contributed by atoms with van der Waals surface area (Å²) >= 11 is 1.93. The van der Waals surface area contributed by atoms with E-state index in [9.17, 15) is 4.79 Å². The van der Waals surface area contributed by atoms with E-state index in [1.807, 2.05) is 34.4 Å². The number of amides is 2. The number of carbonyl (C=O) groups excluding carboxylic acids is 1. The number of hydrogen-bond acceptors (Lipinski definition) is 2. The molecule has 0 saturated heterocycles. The van der Waals surface area contributed by atoms with Crippen molar-refractivity contribution in [2.75, 3.05) is 6.54 Å². The predicted molar refractivity (Wildman–Crippen MR) is 118 cm³/mol. The highest BCUT2D eigenvalue weighted by Gasteiger charge is 2.32. The molecule has 1 unspecified atom stereocenters. The number of thiophene rings is 1. The Balaban J connectivity index is 1.41. The number of nitrogens with zero attached hydrogens (tertiary/aromatic N) is 2. The molecule has 2 aliphatic rings. The van der Waals surface area contributed by atoms with Crippen LogP contribution in [-0.2, 0) is 25.8 Å². The van der Waals surface area contributed by atoms with E-state index in [0.717, 1.165) is 12.8 Å². The molecule has 0 fully saturated rings. The Morgan fingerprint density at radius 3 is 2.79 bits per heavy atom. The maximum atomic E-state index is 13.2. The minimum Gasteiger partial charge on any atom is -0.338 e. The highest BCUT2D eigenvalue weighted by molar-refractivity contribution is 7.15. The SMILES string of the molecule is CC1c2cccn2-c2sc3c(c2CN1C(=O)NCCc1ccccc1)CCCC3. The van der Waals surface area contributed by atoms with Crippen LogP contribution in [0.2, 0.25) is 0 Å². The fourth-order valence-corrected chi connectivity index (χ4v) is 6.07. The van der Waals surface area contributed by atoms with Crippen LogP contribution >= 0.6 is 11.3 Å². The summed E-state index contributed by atoms with van der Waals surface area (Å²) < 4.78 is 2.32. The Bertz CT molecular complexity index is 1020. The molecule has 4 nitrogen and oxygen atoms in total. The van der Waals surface area contributed by atoms with E-state index < -0.39 is 0 Å². The van der Waals surface area contributed by atoms with Gasteiger partial charge in [-0.2, -0.15) is 0 Å². The number of aromatic nitrogens is 1. The van der Waals surface area contributed by atoms with Crippen molar-refractivity contribution < 1.29 is 4.79 Å². The minimum atomic E-state index is 0.0322. The van der Waals surface area contributed by atoms with Crippen molar-refractivity contribution >= 4 is 17.4 Å². The summed E-state index contributed by atoms with van der Waals surface area (Å²) in [6.45, 7) is 3.49. The van der Waals surface area contributed by atoms with Gasteiger partial charge in [-0.25, -0.2) is 4.79 Å². The third-order valence-corrected chi connectivity index (χ3v) is 7.61. The zero-order valence-electron chi connectivity index (χ0n) is 16.9. The smallest absolute Gasteiger partial charge is 0.318 e. The quantitative estimate of drug-likeness (QED) is 0.635. The first kappa shape index (κ1) is 18.5. The van der Waals surface area contributed by atoms with Crippen LogP contribution in [-0.4, -0.2) is 22.0 Å². The summed E-state index contributed by atoms with van der Waals surface area (Å²) in [7, 11) is 0. The van der Waals surface area contributed by atoms with Gasteiger partial charge in [0.2, 0.25) is 0 Å². The molecule has 1 N–H and O–H groups in total. The molecule has 1 aliphatic carbocycles. The Kier molecular flexibility index (Phi) is 4.92. The molecule has 0 saturated carbocycles. The maximum Gasteiger partial charge on any atom is 0.318 e. The van der Waals surface area contributed by atoms with Crippen LogP contribution in [0.25, 0.3) is 5.00 Å². The predicted octanol–water partition coefficient (Wildman–Crippen LogP) is 5.25. The zero-order chi connectivity index (χ0) is 19.8. The standard InChI is InChI=1S/C24H27N3OS/c1-17-21-11-7-15-26(21)23-20(19-10-5-6-12-22(19)29-23)16-27(17)24(28)25-14-13-18-8-3-2-4-9-18/h2-4,7-9,11,15,17H,5-6,10,12-14,16H2,1H3,(H,25,28). The Morgan fingerprint density at radius 1 is 1.10 bits per heavy atom. The number of urea groups is 1. The fourth-order valence-electron chi connectivity index (χ4n) is 4.67. The summed E-state index contributed by atoms with van der Waals surface area (Å²) in [5.41, 5.74) is 5.32. The molecule has 29 heavy (non-hydrogen) atoms. The van der Waals surface area contributed by atoms with Gasteiger partial charge in [0.1, 0.15) is 5.00 Å². The van der Waals surface area contributed by atoms with Gasteiger partial charge in [-0.1, -0.05) is 30.3 Å². The van der Waals surface area contributed by atoms with Crippen molar-refractivity contribution in [2.45, 2.75) is 51.6 Å². The van der Waals surface area contributed by atoms with E-state index in [1.54, 1.807) is 0 Å². The van der Waals surface area contributed by atoms with Gasteiger partial charge >= 0.3 is 6.03 Å². The first-order valence-electron chi connectivity index (χ1n) is 10.6. The number of fused-ring (bicyclic) bond motifs is 5. The molecule has 0 spiro atoms. The van der Waals surface area contributed by atoms with E-state index in [4.69, 9.17) is 0 Å². The summed E-state index contributed by atoms with van der Waals surface area (Å²) in [5, 5.41) is 4.49. The molecular weight excluding hydrogens is 378 g/mol. The number of carbonyl (C=O) groups is 1. The van der Waals surface area contributed by atoms with Crippen molar-refractivity contribution in [3.63, 3.8) is 0 Å². The lowest BCUT2D eigenvalue weighted by Crippen LogP contribution is -2.41.